The average molecular weight is 619 g/mol. The molecule has 5 rings (SSSR count). The Bertz CT molecular complexity index is 1580. The second kappa shape index (κ2) is 11.6. The molecular weight excluding hydrogens is 592 g/mol. The summed E-state index contributed by atoms with van der Waals surface area (Å²) < 4.78 is 22.2. The van der Waals surface area contributed by atoms with Crippen LogP contribution in [0.2, 0.25) is 0 Å². The number of fused-ring (bicyclic) bond motifs is 1. The fourth-order valence-electron chi connectivity index (χ4n) is 4.77. The Morgan fingerprint density at radius 3 is 2.11 bits per heavy atom. The number of benzene rings is 3. The minimum Gasteiger partial charge on any atom is -0.508 e. The third-order valence-corrected chi connectivity index (χ3v) is 7.06. The number of carbonyl (C=O) groups is 2. The van der Waals surface area contributed by atoms with Crippen LogP contribution in [0.25, 0.3) is 0 Å². The molecule has 0 bridgehead atoms. The SMILES string of the molecule is O=C(OC[C@H]1O[C@@H](O[C@H]2C(=O)c3c(O)cc(O)cc3O[C@H]2c2ccc(O)c(O)c2)[C@H](O)[C@@H](O)[C@H]1O)c1cc(O)c(O)c(O)c1. The third kappa shape index (κ3) is 5.54. The summed E-state index contributed by atoms with van der Waals surface area (Å²) in [7, 11) is 0. The van der Waals surface area contributed by atoms with Gasteiger partial charge in [0.2, 0.25) is 5.78 Å². The predicted molar refractivity (Wildman–Crippen MR) is 141 cm³/mol. The highest BCUT2D eigenvalue weighted by Gasteiger charge is 2.49. The van der Waals surface area contributed by atoms with E-state index in [1.54, 1.807) is 0 Å². The summed E-state index contributed by atoms with van der Waals surface area (Å²) >= 11 is 0. The number of aromatic hydroxyl groups is 7. The van der Waals surface area contributed by atoms with Gasteiger partial charge >= 0.3 is 5.97 Å². The molecule has 0 amide bonds. The summed E-state index contributed by atoms with van der Waals surface area (Å²) in [4.78, 5) is 26.1. The molecule has 7 atom stereocenters. The molecule has 10 N–H and O–H groups in total. The number of aliphatic hydroxyl groups excluding tert-OH is 3. The van der Waals surface area contributed by atoms with Gasteiger partial charge < -0.3 is 70.0 Å². The van der Waals surface area contributed by atoms with Crippen LogP contribution >= 0.6 is 0 Å². The van der Waals surface area contributed by atoms with Gasteiger partial charge in [-0.2, -0.15) is 0 Å². The number of phenolic OH excluding ortho intramolecular Hbond substituents is 7. The number of phenols is 7. The minimum absolute atomic E-state index is 0.0592. The Morgan fingerprint density at radius 2 is 1.45 bits per heavy atom. The molecule has 16 nitrogen and oxygen atoms in total. The molecule has 0 unspecified atom stereocenters. The lowest BCUT2D eigenvalue weighted by atomic mass is 9.92. The zero-order valence-electron chi connectivity index (χ0n) is 22.2. The van der Waals surface area contributed by atoms with E-state index in [1.807, 2.05) is 0 Å². The molecule has 234 valence electrons. The van der Waals surface area contributed by atoms with E-state index in [-0.39, 0.29) is 11.3 Å². The molecule has 1 fully saturated rings. The lowest BCUT2D eigenvalue weighted by molar-refractivity contribution is -0.311. The van der Waals surface area contributed by atoms with Crippen molar-refractivity contribution >= 4 is 11.8 Å². The number of ketones is 1. The highest BCUT2D eigenvalue weighted by molar-refractivity contribution is 6.05. The van der Waals surface area contributed by atoms with Crippen molar-refractivity contribution in [3.8, 4) is 46.0 Å². The number of hydrogen-bond acceptors (Lipinski definition) is 16. The zero-order valence-corrected chi connectivity index (χ0v) is 22.2. The molecule has 2 heterocycles. The molecule has 1 saturated heterocycles. The molecule has 0 spiro atoms. The highest BCUT2D eigenvalue weighted by atomic mass is 16.7. The van der Waals surface area contributed by atoms with Crippen LogP contribution in [0.4, 0.5) is 0 Å². The molecule has 3 aromatic rings. The molecule has 16 heteroatoms. The molecule has 0 saturated carbocycles. The van der Waals surface area contributed by atoms with E-state index in [4.69, 9.17) is 18.9 Å². The maximum Gasteiger partial charge on any atom is 0.338 e. The van der Waals surface area contributed by atoms with E-state index in [1.165, 1.54) is 6.07 Å². The maximum absolute atomic E-state index is 13.6. The monoisotopic (exact) mass is 618 g/mol. The van der Waals surface area contributed by atoms with E-state index in [9.17, 15) is 60.7 Å². The maximum atomic E-state index is 13.6. The summed E-state index contributed by atoms with van der Waals surface area (Å²) in [6.07, 6.45) is -12.5. The first-order valence-corrected chi connectivity index (χ1v) is 12.8. The van der Waals surface area contributed by atoms with Crippen LogP contribution in [0, 0.1) is 0 Å². The number of esters is 1. The number of ether oxygens (including phenoxy) is 4. The predicted octanol–water partition coefficient (Wildman–Crippen LogP) is -0.00800. The summed E-state index contributed by atoms with van der Waals surface area (Å²) in [6, 6.07) is 6.92. The fourth-order valence-corrected chi connectivity index (χ4v) is 4.77. The summed E-state index contributed by atoms with van der Waals surface area (Å²) in [5.74, 6) is -7.08. The van der Waals surface area contributed by atoms with Crippen molar-refractivity contribution in [2.75, 3.05) is 6.61 Å². The van der Waals surface area contributed by atoms with Gasteiger partial charge in [0, 0.05) is 12.1 Å². The highest BCUT2D eigenvalue weighted by Crippen LogP contribution is 2.44. The van der Waals surface area contributed by atoms with Crippen molar-refractivity contribution < 1.29 is 79.6 Å². The molecular formula is C28H26O16. The first-order chi connectivity index (χ1) is 20.8. The summed E-state index contributed by atoms with van der Waals surface area (Å²) in [5, 5.41) is 100. The minimum atomic E-state index is -1.99. The average Bonchev–Trinajstić information content (AvgIpc) is 2.97. The number of Topliss-reactive ketones (excluding diaryl/α,β-unsaturated/α-hetero) is 1. The molecule has 3 aromatic carbocycles. The molecule has 0 aromatic heterocycles. The smallest absolute Gasteiger partial charge is 0.338 e. The van der Waals surface area contributed by atoms with E-state index in [2.05, 4.69) is 0 Å². The van der Waals surface area contributed by atoms with E-state index in [0.717, 1.165) is 36.4 Å². The summed E-state index contributed by atoms with van der Waals surface area (Å²) in [6.45, 7) is -0.778. The lowest BCUT2D eigenvalue weighted by Crippen LogP contribution is -2.60. The van der Waals surface area contributed by atoms with Crippen molar-refractivity contribution in [2.45, 2.75) is 42.9 Å². The van der Waals surface area contributed by atoms with Gasteiger partial charge in [-0.05, 0) is 29.8 Å². The first-order valence-electron chi connectivity index (χ1n) is 12.8. The van der Waals surface area contributed by atoms with Crippen molar-refractivity contribution in [3.05, 3.63) is 59.2 Å². The van der Waals surface area contributed by atoms with Gasteiger partial charge in [-0.25, -0.2) is 4.79 Å². The normalized spacial score (nSPS) is 26.4. The third-order valence-electron chi connectivity index (χ3n) is 7.06. The Labute approximate surface area is 246 Å². The quantitative estimate of drug-likeness (QED) is 0.128. The second-order valence-corrected chi connectivity index (χ2v) is 10.0. The number of hydrogen-bond donors (Lipinski definition) is 10. The van der Waals surface area contributed by atoms with Gasteiger partial charge in [-0.3, -0.25) is 4.79 Å². The van der Waals surface area contributed by atoms with Crippen LogP contribution in [0.3, 0.4) is 0 Å². The van der Waals surface area contributed by atoms with Crippen LogP contribution in [0.1, 0.15) is 32.4 Å². The largest absolute Gasteiger partial charge is 0.508 e. The lowest BCUT2D eigenvalue weighted by Gasteiger charge is -2.42. The van der Waals surface area contributed by atoms with Crippen LogP contribution in [-0.2, 0) is 14.2 Å². The number of carbonyl (C=O) groups excluding carboxylic acids is 2. The van der Waals surface area contributed by atoms with Crippen LogP contribution < -0.4 is 4.74 Å². The Balaban J connectivity index is 1.41. The fraction of sp³-hybridized carbons (Fsp3) is 0.286. The van der Waals surface area contributed by atoms with Crippen LogP contribution in [0.5, 0.6) is 46.0 Å². The number of aliphatic hydroxyl groups is 3. The van der Waals surface area contributed by atoms with Crippen LogP contribution in [0.15, 0.2) is 42.5 Å². The Kier molecular flexibility index (Phi) is 8.02. The van der Waals surface area contributed by atoms with Crippen molar-refractivity contribution in [1.82, 2.24) is 0 Å². The van der Waals surface area contributed by atoms with Gasteiger partial charge in [-0.15, -0.1) is 0 Å². The molecule has 2 aliphatic rings. The van der Waals surface area contributed by atoms with Crippen molar-refractivity contribution in [2.24, 2.45) is 0 Å². The van der Waals surface area contributed by atoms with Crippen molar-refractivity contribution in [1.29, 1.82) is 0 Å². The molecule has 44 heavy (non-hydrogen) atoms. The second-order valence-electron chi connectivity index (χ2n) is 10.0. The zero-order chi connectivity index (χ0) is 32.0. The summed E-state index contributed by atoms with van der Waals surface area (Å²) in [5.41, 5.74) is -0.751. The van der Waals surface area contributed by atoms with Crippen molar-refractivity contribution in [3.63, 3.8) is 0 Å². The Hall–Kier alpha value is -5.00. The van der Waals surface area contributed by atoms with Gasteiger partial charge in [0.05, 0.1) is 5.56 Å². The standard InChI is InChI=1S/C28H26O16/c29-11-6-14(32)19-17(7-11)42-25(9-1-2-12(30)13(31)3-9)26(22(19)37)44-28-24(39)23(38)21(36)18(43-28)8-41-27(40)10-4-15(33)20(35)16(34)5-10/h1-7,18,21,23-26,28-36,38-39H,8H2/t18-,21+,23+,24-,25+,26+,28+/m1/s1. The van der Waals surface area contributed by atoms with E-state index < -0.39 is 113 Å². The van der Waals surface area contributed by atoms with Gasteiger partial charge in [-0.1, -0.05) is 6.07 Å². The Morgan fingerprint density at radius 1 is 0.773 bits per heavy atom. The first kappa shape index (κ1) is 30.5. The molecule has 2 aliphatic heterocycles. The van der Waals surface area contributed by atoms with Gasteiger partial charge in [0.15, 0.2) is 47.2 Å². The van der Waals surface area contributed by atoms with Gasteiger partial charge in [0.25, 0.3) is 0 Å². The topological polar surface area (TPSA) is 273 Å². The van der Waals surface area contributed by atoms with Gasteiger partial charge in [0.1, 0.15) is 53.8 Å². The molecule has 0 aliphatic carbocycles. The number of rotatable bonds is 6. The molecule has 0 radical (unpaired) electrons. The van der Waals surface area contributed by atoms with E-state index in [0.29, 0.717) is 0 Å². The van der Waals surface area contributed by atoms with Crippen LogP contribution in [-0.4, -0.2) is 106 Å². The van der Waals surface area contributed by atoms with E-state index >= 15 is 0 Å².